The Hall–Kier alpha value is -1.12. The zero-order valence-electron chi connectivity index (χ0n) is 7.82. The lowest BCUT2D eigenvalue weighted by Gasteiger charge is -2.02. The SMILES string of the molecule is ClCc1nc(Cl)cc(-c2ccccc2)n1. The molecule has 0 aliphatic rings. The Morgan fingerprint density at radius 2 is 1.80 bits per heavy atom. The third-order valence-corrected chi connectivity index (χ3v) is 2.36. The number of hydrogen-bond acceptors (Lipinski definition) is 2. The van der Waals surface area contributed by atoms with Crippen LogP contribution in [0.4, 0.5) is 0 Å². The molecule has 0 N–H and O–H groups in total. The molecule has 0 unspecified atom stereocenters. The van der Waals surface area contributed by atoms with E-state index in [-0.39, 0.29) is 5.88 Å². The van der Waals surface area contributed by atoms with Gasteiger partial charge in [-0.3, -0.25) is 0 Å². The molecule has 0 saturated heterocycles. The van der Waals surface area contributed by atoms with Crippen molar-refractivity contribution in [1.29, 1.82) is 0 Å². The topological polar surface area (TPSA) is 25.8 Å². The van der Waals surface area contributed by atoms with E-state index in [1.807, 2.05) is 30.3 Å². The molecule has 1 aromatic carbocycles. The molecule has 1 aromatic heterocycles. The smallest absolute Gasteiger partial charge is 0.145 e. The minimum Gasteiger partial charge on any atom is -0.231 e. The van der Waals surface area contributed by atoms with Crippen LogP contribution in [-0.2, 0) is 5.88 Å². The molecule has 0 amide bonds. The van der Waals surface area contributed by atoms with Crippen LogP contribution in [0.3, 0.4) is 0 Å². The number of hydrogen-bond donors (Lipinski definition) is 0. The van der Waals surface area contributed by atoms with E-state index in [4.69, 9.17) is 23.2 Å². The van der Waals surface area contributed by atoms with Gasteiger partial charge in [0, 0.05) is 11.6 Å². The Morgan fingerprint density at radius 1 is 1.07 bits per heavy atom. The van der Waals surface area contributed by atoms with Gasteiger partial charge in [-0.05, 0) is 0 Å². The molecule has 0 fully saturated rings. The zero-order chi connectivity index (χ0) is 10.7. The van der Waals surface area contributed by atoms with Crippen LogP contribution in [0, 0.1) is 0 Å². The van der Waals surface area contributed by atoms with Gasteiger partial charge in [-0.15, -0.1) is 11.6 Å². The first kappa shape index (κ1) is 10.4. The average Bonchev–Trinajstić information content (AvgIpc) is 2.29. The van der Waals surface area contributed by atoms with E-state index in [1.165, 1.54) is 0 Å². The molecule has 0 saturated carbocycles. The average molecular weight is 239 g/mol. The maximum Gasteiger partial charge on any atom is 0.145 e. The molecule has 0 bridgehead atoms. The van der Waals surface area contributed by atoms with Crippen LogP contribution in [0.1, 0.15) is 5.82 Å². The third-order valence-electron chi connectivity index (χ3n) is 1.93. The number of alkyl halides is 1. The lowest BCUT2D eigenvalue weighted by molar-refractivity contribution is 1.03. The van der Waals surface area contributed by atoms with E-state index in [0.29, 0.717) is 11.0 Å². The maximum absolute atomic E-state index is 5.87. The zero-order valence-corrected chi connectivity index (χ0v) is 9.33. The second-order valence-corrected chi connectivity index (χ2v) is 3.65. The van der Waals surface area contributed by atoms with Gasteiger partial charge in [0.05, 0.1) is 11.6 Å². The van der Waals surface area contributed by atoms with Crippen LogP contribution >= 0.6 is 23.2 Å². The van der Waals surface area contributed by atoms with Gasteiger partial charge >= 0.3 is 0 Å². The van der Waals surface area contributed by atoms with E-state index in [0.717, 1.165) is 11.3 Å². The Labute approximate surface area is 97.9 Å². The van der Waals surface area contributed by atoms with Crippen molar-refractivity contribution in [3.8, 4) is 11.3 Å². The highest BCUT2D eigenvalue weighted by Gasteiger charge is 2.03. The van der Waals surface area contributed by atoms with Crippen molar-refractivity contribution in [2.75, 3.05) is 0 Å². The van der Waals surface area contributed by atoms with Crippen LogP contribution in [0.15, 0.2) is 36.4 Å². The second-order valence-electron chi connectivity index (χ2n) is 2.99. The number of benzene rings is 1. The summed E-state index contributed by atoms with van der Waals surface area (Å²) in [6, 6.07) is 11.5. The first-order chi connectivity index (χ1) is 7.29. The molecule has 2 nitrogen and oxygen atoms in total. The highest BCUT2D eigenvalue weighted by atomic mass is 35.5. The Balaban J connectivity index is 2.49. The van der Waals surface area contributed by atoms with Crippen LogP contribution in [0.2, 0.25) is 5.15 Å². The number of rotatable bonds is 2. The highest BCUT2D eigenvalue weighted by molar-refractivity contribution is 6.29. The van der Waals surface area contributed by atoms with Gasteiger partial charge in [-0.1, -0.05) is 41.9 Å². The van der Waals surface area contributed by atoms with Gasteiger partial charge in [0.15, 0.2) is 0 Å². The molecule has 15 heavy (non-hydrogen) atoms. The maximum atomic E-state index is 5.87. The summed E-state index contributed by atoms with van der Waals surface area (Å²) in [6.45, 7) is 0. The van der Waals surface area contributed by atoms with Crippen molar-refractivity contribution in [3.63, 3.8) is 0 Å². The summed E-state index contributed by atoms with van der Waals surface area (Å²) in [5.41, 5.74) is 1.81. The monoisotopic (exact) mass is 238 g/mol. The van der Waals surface area contributed by atoms with Crippen LogP contribution in [0.5, 0.6) is 0 Å². The number of nitrogens with zero attached hydrogens (tertiary/aromatic N) is 2. The van der Waals surface area contributed by atoms with E-state index < -0.39 is 0 Å². The fourth-order valence-electron chi connectivity index (χ4n) is 1.28. The van der Waals surface area contributed by atoms with Crippen molar-refractivity contribution in [2.45, 2.75) is 5.88 Å². The van der Waals surface area contributed by atoms with Gasteiger partial charge in [0.25, 0.3) is 0 Å². The molecule has 2 rings (SSSR count). The van der Waals surface area contributed by atoms with Gasteiger partial charge in [0.2, 0.25) is 0 Å². The largest absolute Gasteiger partial charge is 0.231 e. The van der Waals surface area contributed by atoms with Crippen LogP contribution in [0.25, 0.3) is 11.3 Å². The summed E-state index contributed by atoms with van der Waals surface area (Å²) in [5.74, 6) is 0.809. The predicted octanol–water partition coefficient (Wildman–Crippen LogP) is 3.54. The summed E-state index contributed by atoms with van der Waals surface area (Å²) in [7, 11) is 0. The molecule has 2 aromatic rings. The minimum absolute atomic E-state index is 0.264. The molecule has 4 heteroatoms. The number of halogens is 2. The highest BCUT2D eigenvalue weighted by Crippen LogP contribution is 2.19. The lowest BCUT2D eigenvalue weighted by atomic mass is 10.1. The van der Waals surface area contributed by atoms with Crippen molar-refractivity contribution in [1.82, 2.24) is 9.97 Å². The van der Waals surface area contributed by atoms with Crippen molar-refractivity contribution < 1.29 is 0 Å². The molecule has 0 radical (unpaired) electrons. The standard InChI is InChI=1S/C11H8Cl2N2/c12-7-11-14-9(6-10(13)15-11)8-4-2-1-3-5-8/h1-6H,7H2. The molecule has 0 aliphatic carbocycles. The van der Waals surface area contributed by atoms with E-state index >= 15 is 0 Å². The van der Waals surface area contributed by atoms with Gasteiger partial charge in [-0.2, -0.15) is 0 Å². The molecule has 0 atom stereocenters. The summed E-state index contributed by atoms with van der Waals surface area (Å²) in [6.07, 6.45) is 0. The Kier molecular flexibility index (Phi) is 3.19. The first-order valence-electron chi connectivity index (χ1n) is 4.44. The van der Waals surface area contributed by atoms with Gasteiger partial charge in [-0.25, -0.2) is 9.97 Å². The van der Waals surface area contributed by atoms with E-state index in [9.17, 15) is 0 Å². The fourth-order valence-corrected chi connectivity index (χ4v) is 1.60. The summed E-state index contributed by atoms with van der Waals surface area (Å²) < 4.78 is 0. The van der Waals surface area contributed by atoms with Gasteiger partial charge in [0.1, 0.15) is 11.0 Å². The van der Waals surface area contributed by atoms with E-state index in [1.54, 1.807) is 6.07 Å². The first-order valence-corrected chi connectivity index (χ1v) is 5.35. The summed E-state index contributed by atoms with van der Waals surface area (Å²) in [5, 5.41) is 0.416. The normalized spacial score (nSPS) is 10.3. The summed E-state index contributed by atoms with van der Waals surface area (Å²) >= 11 is 11.5. The van der Waals surface area contributed by atoms with Gasteiger partial charge < -0.3 is 0 Å². The third kappa shape index (κ3) is 2.46. The molecular weight excluding hydrogens is 231 g/mol. The lowest BCUT2D eigenvalue weighted by Crippen LogP contribution is -1.94. The van der Waals surface area contributed by atoms with Crippen LogP contribution in [-0.4, -0.2) is 9.97 Å². The molecule has 76 valence electrons. The molecule has 1 heterocycles. The van der Waals surface area contributed by atoms with Crippen molar-refractivity contribution in [2.24, 2.45) is 0 Å². The fraction of sp³-hybridized carbons (Fsp3) is 0.0909. The van der Waals surface area contributed by atoms with Crippen molar-refractivity contribution >= 4 is 23.2 Å². The minimum atomic E-state index is 0.264. The van der Waals surface area contributed by atoms with Crippen LogP contribution < -0.4 is 0 Å². The Bertz CT molecular complexity index is 457. The molecule has 0 spiro atoms. The van der Waals surface area contributed by atoms with Crippen molar-refractivity contribution in [3.05, 3.63) is 47.4 Å². The summed E-state index contributed by atoms with van der Waals surface area (Å²) in [4.78, 5) is 8.30. The second kappa shape index (κ2) is 4.60. The van der Waals surface area contributed by atoms with E-state index in [2.05, 4.69) is 9.97 Å². The Morgan fingerprint density at radius 3 is 2.47 bits per heavy atom. The predicted molar refractivity (Wildman–Crippen MR) is 62.0 cm³/mol. The molecular formula is C11H8Cl2N2. The quantitative estimate of drug-likeness (QED) is 0.591. The number of aromatic nitrogens is 2. The molecule has 0 aliphatic heterocycles.